The van der Waals surface area contributed by atoms with Crippen molar-refractivity contribution in [2.45, 2.75) is 6.61 Å². The molecule has 2 aromatic rings. The summed E-state index contributed by atoms with van der Waals surface area (Å²) < 4.78 is 14.3. The number of nitrogens with zero attached hydrogens (tertiary/aromatic N) is 2. The number of halogens is 1. The van der Waals surface area contributed by atoms with E-state index >= 15 is 0 Å². The summed E-state index contributed by atoms with van der Waals surface area (Å²) in [6.45, 7) is -0.0847. The van der Waals surface area contributed by atoms with Gasteiger partial charge in [0, 0.05) is 18.5 Å². The average Bonchev–Trinajstić information content (AvgIpc) is 2.39. The van der Waals surface area contributed by atoms with Crippen molar-refractivity contribution in [3.63, 3.8) is 0 Å². The first-order valence-electron chi connectivity index (χ1n) is 3.94. The van der Waals surface area contributed by atoms with Gasteiger partial charge in [-0.1, -0.05) is 0 Å². The van der Waals surface area contributed by atoms with Crippen LogP contribution in [0, 0.1) is 5.82 Å². The van der Waals surface area contributed by atoms with Crippen LogP contribution in [-0.2, 0) is 13.7 Å². The Balaban J connectivity index is 2.79. The van der Waals surface area contributed by atoms with Gasteiger partial charge >= 0.3 is 0 Å². The molecule has 68 valence electrons. The molecule has 0 atom stereocenters. The zero-order valence-corrected chi connectivity index (χ0v) is 7.16. The predicted molar refractivity (Wildman–Crippen MR) is 46.6 cm³/mol. The van der Waals surface area contributed by atoms with Gasteiger partial charge in [-0.2, -0.15) is 5.10 Å². The van der Waals surface area contributed by atoms with Gasteiger partial charge in [-0.25, -0.2) is 4.39 Å². The lowest BCUT2D eigenvalue weighted by molar-refractivity contribution is 0.272. The Morgan fingerprint density at radius 2 is 2.31 bits per heavy atom. The maximum Gasteiger partial charge on any atom is 0.125 e. The third kappa shape index (κ3) is 1.19. The molecule has 0 aliphatic heterocycles. The van der Waals surface area contributed by atoms with E-state index in [1.165, 1.54) is 12.1 Å². The summed E-state index contributed by atoms with van der Waals surface area (Å²) in [7, 11) is 1.73. The fourth-order valence-electron chi connectivity index (χ4n) is 1.42. The van der Waals surface area contributed by atoms with Crippen LogP contribution in [0.1, 0.15) is 5.69 Å². The molecule has 0 unspecified atom stereocenters. The highest BCUT2D eigenvalue weighted by Crippen LogP contribution is 2.18. The van der Waals surface area contributed by atoms with E-state index in [1.54, 1.807) is 17.8 Å². The Morgan fingerprint density at radius 1 is 1.54 bits per heavy atom. The van der Waals surface area contributed by atoms with Crippen molar-refractivity contribution in [2.24, 2.45) is 7.05 Å². The first-order valence-corrected chi connectivity index (χ1v) is 3.94. The molecule has 0 bridgehead atoms. The number of benzene rings is 1. The minimum atomic E-state index is -0.310. The normalized spacial score (nSPS) is 11.0. The number of hydrogen-bond acceptors (Lipinski definition) is 2. The topological polar surface area (TPSA) is 38.0 Å². The summed E-state index contributed by atoms with van der Waals surface area (Å²) in [5.41, 5.74) is 1.28. The SMILES string of the molecule is Cn1nc2cc(F)ccc2c1CO. The predicted octanol–water partition coefficient (Wildman–Crippen LogP) is 1.20. The molecule has 1 heterocycles. The van der Waals surface area contributed by atoms with Crippen molar-refractivity contribution >= 4 is 10.9 Å². The first-order chi connectivity index (χ1) is 6.22. The molecule has 13 heavy (non-hydrogen) atoms. The number of aryl methyl sites for hydroxylation is 1. The van der Waals surface area contributed by atoms with Crippen LogP contribution in [0.2, 0.25) is 0 Å². The second kappa shape index (κ2) is 2.81. The van der Waals surface area contributed by atoms with Crippen molar-refractivity contribution < 1.29 is 9.50 Å². The zero-order chi connectivity index (χ0) is 9.42. The largest absolute Gasteiger partial charge is 0.390 e. The van der Waals surface area contributed by atoms with Crippen LogP contribution in [0.15, 0.2) is 18.2 Å². The molecule has 0 fully saturated rings. The highest BCUT2D eigenvalue weighted by Gasteiger charge is 2.07. The van der Waals surface area contributed by atoms with E-state index in [0.29, 0.717) is 11.2 Å². The third-order valence-electron chi connectivity index (χ3n) is 2.07. The zero-order valence-electron chi connectivity index (χ0n) is 7.16. The van der Waals surface area contributed by atoms with E-state index in [2.05, 4.69) is 5.10 Å². The molecule has 1 aromatic carbocycles. The Hall–Kier alpha value is -1.42. The van der Waals surface area contributed by atoms with E-state index in [1.807, 2.05) is 0 Å². The second-order valence-corrected chi connectivity index (χ2v) is 2.89. The number of aromatic nitrogens is 2. The minimum Gasteiger partial charge on any atom is -0.390 e. The first kappa shape index (κ1) is 8.19. The average molecular weight is 180 g/mol. The van der Waals surface area contributed by atoms with Gasteiger partial charge in [0.15, 0.2) is 0 Å². The Kier molecular flexibility index (Phi) is 1.77. The smallest absolute Gasteiger partial charge is 0.125 e. The molecule has 1 aromatic heterocycles. The molecular formula is C9H9FN2O. The Labute approximate surface area is 74.4 Å². The van der Waals surface area contributed by atoms with E-state index in [0.717, 1.165) is 5.39 Å². The van der Waals surface area contributed by atoms with Gasteiger partial charge in [0.05, 0.1) is 17.8 Å². The molecule has 3 nitrogen and oxygen atoms in total. The van der Waals surface area contributed by atoms with Crippen molar-refractivity contribution in [2.75, 3.05) is 0 Å². The monoisotopic (exact) mass is 180 g/mol. The quantitative estimate of drug-likeness (QED) is 0.716. The van der Waals surface area contributed by atoms with Crippen LogP contribution in [0.25, 0.3) is 10.9 Å². The van der Waals surface area contributed by atoms with Crippen LogP contribution in [0.4, 0.5) is 4.39 Å². The number of hydrogen-bond donors (Lipinski definition) is 1. The molecule has 2 rings (SSSR count). The van der Waals surface area contributed by atoms with Crippen molar-refractivity contribution in [3.8, 4) is 0 Å². The van der Waals surface area contributed by atoms with Crippen molar-refractivity contribution in [1.29, 1.82) is 0 Å². The number of rotatable bonds is 1. The van der Waals surface area contributed by atoms with E-state index in [-0.39, 0.29) is 12.4 Å². The van der Waals surface area contributed by atoms with Gasteiger partial charge in [0.25, 0.3) is 0 Å². The fraction of sp³-hybridized carbons (Fsp3) is 0.222. The molecule has 0 radical (unpaired) electrons. The fourth-order valence-corrected chi connectivity index (χ4v) is 1.42. The minimum absolute atomic E-state index is 0.0847. The molecule has 0 spiro atoms. The van der Waals surface area contributed by atoms with E-state index in [4.69, 9.17) is 5.11 Å². The summed E-state index contributed by atoms with van der Waals surface area (Å²) in [6, 6.07) is 4.35. The van der Waals surface area contributed by atoms with Crippen molar-refractivity contribution in [3.05, 3.63) is 29.7 Å². The van der Waals surface area contributed by atoms with Crippen LogP contribution < -0.4 is 0 Å². The summed E-state index contributed by atoms with van der Waals surface area (Å²) in [5, 5.41) is 13.9. The lowest BCUT2D eigenvalue weighted by Gasteiger charge is -1.95. The summed E-state index contributed by atoms with van der Waals surface area (Å²) in [4.78, 5) is 0. The van der Waals surface area contributed by atoms with Crippen LogP contribution >= 0.6 is 0 Å². The maximum atomic E-state index is 12.8. The summed E-state index contributed by atoms with van der Waals surface area (Å²) in [5.74, 6) is -0.310. The maximum absolute atomic E-state index is 12.8. The van der Waals surface area contributed by atoms with Crippen LogP contribution in [0.3, 0.4) is 0 Å². The summed E-state index contributed by atoms with van der Waals surface area (Å²) in [6.07, 6.45) is 0. The molecule has 4 heteroatoms. The van der Waals surface area contributed by atoms with Crippen LogP contribution in [-0.4, -0.2) is 14.9 Å². The Morgan fingerprint density at radius 3 is 3.00 bits per heavy atom. The standard InChI is InChI=1S/C9H9FN2O/c1-12-9(5-13)7-3-2-6(10)4-8(7)11-12/h2-4,13H,5H2,1H3. The van der Waals surface area contributed by atoms with Gasteiger partial charge in [0.1, 0.15) is 5.82 Å². The van der Waals surface area contributed by atoms with Gasteiger partial charge in [-0.3, -0.25) is 4.68 Å². The van der Waals surface area contributed by atoms with E-state index < -0.39 is 0 Å². The Bertz CT molecular complexity index is 450. The molecule has 0 saturated heterocycles. The van der Waals surface area contributed by atoms with Gasteiger partial charge < -0.3 is 5.11 Å². The van der Waals surface area contributed by atoms with Gasteiger partial charge in [0.2, 0.25) is 0 Å². The summed E-state index contributed by atoms with van der Waals surface area (Å²) >= 11 is 0. The number of aliphatic hydroxyl groups is 1. The van der Waals surface area contributed by atoms with Crippen LogP contribution in [0.5, 0.6) is 0 Å². The lowest BCUT2D eigenvalue weighted by Crippen LogP contribution is -1.96. The highest BCUT2D eigenvalue weighted by atomic mass is 19.1. The number of fused-ring (bicyclic) bond motifs is 1. The molecule has 0 amide bonds. The molecule has 0 aliphatic carbocycles. The molecule has 0 saturated carbocycles. The number of aliphatic hydroxyl groups excluding tert-OH is 1. The highest BCUT2D eigenvalue weighted by molar-refractivity contribution is 5.81. The second-order valence-electron chi connectivity index (χ2n) is 2.89. The van der Waals surface area contributed by atoms with Crippen molar-refractivity contribution in [1.82, 2.24) is 9.78 Å². The molecular weight excluding hydrogens is 171 g/mol. The lowest BCUT2D eigenvalue weighted by atomic mass is 10.2. The third-order valence-corrected chi connectivity index (χ3v) is 2.07. The van der Waals surface area contributed by atoms with Gasteiger partial charge in [-0.05, 0) is 12.1 Å². The molecule has 0 aliphatic rings. The van der Waals surface area contributed by atoms with Gasteiger partial charge in [-0.15, -0.1) is 0 Å². The van der Waals surface area contributed by atoms with E-state index in [9.17, 15) is 4.39 Å². The molecule has 1 N–H and O–H groups in total.